The largest absolute Gasteiger partial charge is 0.394 e. The number of carbonyl (C=O) groups is 1. The van der Waals surface area contributed by atoms with Crippen molar-refractivity contribution in [3.8, 4) is 0 Å². The van der Waals surface area contributed by atoms with Crippen LogP contribution in [0.4, 0.5) is 0 Å². The molecule has 0 aliphatic carbocycles. The number of hydrogen-bond donors (Lipinski definition) is 6. The smallest absolute Gasteiger partial charge is 0.220 e. The Morgan fingerprint density at radius 2 is 0.847 bits per heavy atom. The van der Waals surface area contributed by atoms with E-state index in [0.717, 1.165) is 38.5 Å². The Morgan fingerprint density at radius 1 is 0.508 bits per heavy atom. The van der Waals surface area contributed by atoms with Crippen molar-refractivity contribution in [3.63, 3.8) is 0 Å². The van der Waals surface area contributed by atoms with Crippen molar-refractivity contribution in [2.24, 2.45) is 0 Å². The van der Waals surface area contributed by atoms with Crippen LogP contribution in [0.25, 0.3) is 0 Å². The van der Waals surface area contributed by atoms with E-state index >= 15 is 0 Å². The fraction of sp³-hybridized carbons (Fsp3) is 0.980. The van der Waals surface area contributed by atoms with Gasteiger partial charge in [0.15, 0.2) is 6.29 Å². The Bertz CT molecular complexity index is 893. The number of carbonyl (C=O) groups excluding carboxylic acids is 1. The van der Waals surface area contributed by atoms with Crippen LogP contribution in [0.5, 0.6) is 0 Å². The molecule has 1 saturated heterocycles. The molecule has 0 spiro atoms. The summed E-state index contributed by atoms with van der Waals surface area (Å²) in [4.78, 5) is 13.0. The minimum absolute atomic E-state index is 0.132. The highest BCUT2D eigenvalue weighted by Gasteiger charge is 2.44. The van der Waals surface area contributed by atoms with Crippen molar-refractivity contribution in [1.29, 1.82) is 0 Å². The van der Waals surface area contributed by atoms with Crippen molar-refractivity contribution < 1.29 is 39.8 Å². The van der Waals surface area contributed by atoms with Crippen LogP contribution >= 0.6 is 0 Å². The summed E-state index contributed by atoms with van der Waals surface area (Å²) >= 11 is 0. The first kappa shape index (κ1) is 56.2. The van der Waals surface area contributed by atoms with E-state index < -0.39 is 49.5 Å². The molecule has 1 fully saturated rings. The van der Waals surface area contributed by atoms with Crippen molar-refractivity contribution in [2.75, 3.05) is 13.2 Å². The number of unbranched alkanes of at least 4 members (excludes halogenated alkanes) is 34. The Balaban J connectivity index is 2.11. The van der Waals surface area contributed by atoms with Crippen LogP contribution in [0.3, 0.4) is 0 Å². The maximum atomic E-state index is 13.0. The number of rotatable bonds is 44. The van der Waals surface area contributed by atoms with Gasteiger partial charge in [-0.2, -0.15) is 0 Å². The Labute approximate surface area is 364 Å². The molecule has 9 heteroatoms. The molecule has 9 nitrogen and oxygen atoms in total. The van der Waals surface area contributed by atoms with Crippen LogP contribution < -0.4 is 5.32 Å². The van der Waals surface area contributed by atoms with Gasteiger partial charge in [-0.3, -0.25) is 4.79 Å². The first-order chi connectivity index (χ1) is 28.8. The molecular weight excluding hydrogens is 743 g/mol. The predicted molar refractivity (Wildman–Crippen MR) is 244 cm³/mol. The van der Waals surface area contributed by atoms with Gasteiger partial charge in [-0.1, -0.05) is 239 Å². The van der Waals surface area contributed by atoms with Crippen LogP contribution in [0.2, 0.25) is 0 Å². The van der Waals surface area contributed by atoms with Gasteiger partial charge in [-0.25, -0.2) is 0 Å². The third kappa shape index (κ3) is 31.6. The van der Waals surface area contributed by atoms with Gasteiger partial charge in [0, 0.05) is 6.42 Å². The van der Waals surface area contributed by atoms with Gasteiger partial charge in [0.1, 0.15) is 24.4 Å². The SMILES string of the molecule is CCCCCCCCCCCCCCCCCCCCCCCCCCCCCC(=O)N[C@@H](CO[C@@H]1O[C@H](CO)[C@H](O)C(O)C1O)[C@H](O)CCCCCCCCCCC. The molecule has 6 N–H and O–H groups in total. The van der Waals surface area contributed by atoms with E-state index in [1.54, 1.807) is 0 Å². The summed E-state index contributed by atoms with van der Waals surface area (Å²) in [5.41, 5.74) is 0. The number of hydrogen-bond acceptors (Lipinski definition) is 8. The predicted octanol–water partition coefficient (Wildman–Crippen LogP) is 11.5. The van der Waals surface area contributed by atoms with Crippen LogP contribution in [-0.4, -0.2) is 87.5 Å². The van der Waals surface area contributed by atoms with E-state index in [-0.39, 0.29) is 12.5 Å². The van der Waals surface area contributed by atoms with E-state index in [1.165, 1.54) is 193 Å². The molecular formula is C50H99NO8. The number of aliphatic hydroxyl groups is 5. The lowest BCUT2D eigenvalue weighted by Crippen LogP contribution is -2.60. The van der Waals surface area contributed by atoms with E-state index in [4.69, 9.17) is 9.47 Å². The van der Waals surface area contributed by atoms with Crippen molar-refractivity contribution >= 4 is 5.91 Å². The number of amides is 1. The lowest BCUT2D eigenvalue weighted by atomic mass is 9.99. The third-order valence-corrected chi connectivity index (χ3v) is 12.7. The minimum Gasteiger partial charge on any atom is -0.394 e. The van der Waals surface area contributed by atoms with Crippen LogP contribution in [0, 0.1) is 0 Å². The standard InChI is InChI=1S/C50H99NO8/c1-3-5-7-9-11-13-14-15-16-17-18-19-20-21-22-23-24-25-26-27-28-29-30-32-34-36-38-40-46(54)51-43(44(53)39-37-35-33-31-12-10-8-6-4-2)42-58-50-49(57)48(56)47(55)45(41-52)59-50/h43-45,47-50,52-53,55-57H,3-42H2,1-2H3,(H,51,54)/t43-,44+,45+,47-,48?,49?,50+/m0/s1. The molecule has 1 aliphatic rings. The molecule has 2 unspecified atom stereocenters. The average Bonchev–Trinajstić information content (AvgIpc) is 3.23. The molecule has 0 aromatic rings. The summed E-state index contributed by atoms with van der Waals surface area (Å²) < 4.78 is 11.2. The molecule has 0 bridgehead atoms. The van der Waals surface area contributed by atoms with E-state index in [1.807, 2.05) is 0 Å². The van der Waals surface area contributed by atoms with Gasteiger partial charge in [0.25, 0.3) is 0 Å². The second-order valence-corrected chi connectivity index (χ2v) is 18.3. The average molecular weight is 842 g/mol. The summed E-state index contributed by atoms with van der Waals surface area (Å²) in [5, 5.41) is 54.3. The Morgan fingerprint density at radius 3 is 1.20 bits per heavy atom. The monoisotopic (exact) mass is 842 g/mol. The summed E-state index contributed by atoms with van der Waals surface area (Å²) in [5.74, 6) is -0.141. The first-order valence-electron chi connectivity index (χ1n) is 25.7. The molecule has 1 aliphatic heterocycles. The maximum absolute atomic E-state index is 13.0. The van der Waals surface area contributed by atoms with Crippen LogP contribution in [-0.2, 0) is 14.3 Å². The molecule has 0 aromatic heterocycles. The highest BCUT2D eigenvalue weighted by Crippen LogP contribution is 2.23. The zero-order chi connectivity index (χ0) is 43.0. The fourth-order valence-electron chi connectivity index (χ4n) is 8.58. The molecule has 0 saturated carbocycles. The molecule has 0 radical (unpaired) electrons. The number of ether oxygens (including phenoxy) is 2. The summed E-state index contributed by atoms with van der Waals surface area (Å²) in [6.45, 7) is 3.83. The van der Waals surface area contributed by atoms with Gasteiger partial charge < -0.3 is 40.3 Å². The molecule has 1 rings (SSSR count). The number of aliphatic hydroxyl groups excluding tert-OH is 5. The number of nitrogens with one attached hydrogen (secondary N) is 1. The summed E-state index contributed by atoms with van der Waals surface area (Å²) in [6.07, 6.45) is 40.0. The summed E-state index contributed by atoms with van der Waals surface area (Å²) in [7, 11) is 0. The van der Waals surface area contributed by atoms with Gasteiger partial charge in [0.2, 0.25) is 5.91 Å². The first-order valence-corrected chi connectivity index (χ1v) is 25.7. The maximum Gasteiger partial charge on any atom is 0.220 e. The molecule has 1 heterocycles. The van der Waals surface area contributed by atoms with E-state index in [9.17, 15) is 30.3 Å². The molecule has 0 aromatic carbocycles. The molecule has 7 atom stereocenters. The topological polar surface area (TPSA) is 149 Å². The lowest BCUT2D eigenvalue weighted by molar-refractivity contribution is -0.302. The van der Waals surface area contributed by atoms with Gasteiger partial charge in [-0.05, 0) is 12.8 Å². The van der Waals surface area contributed by atoms with E-state index in [0.29, 0.717) is 12.8 Å². The van der Waals surface area contributed by atoms with Gasteiger partial charge in [0.05, 0.1) is 25.4 Å². The lowest BCUT2D eigenvalue weighted by Gasteiger charge is -2.40. The van der Waals surface area contributed by atoms with Crippen LogP contribution in [0.15, 0.2) is 0 Å². The van der Waals surface area contributed by atoms with Crippen LogP contribution in [0.1, 0.15) is 258 Å². The second-order valence-electron chi connectivity index (χ2n) is 18.3. The molecule has 352 valence electrons. The van der Waals surface area contributed by atoms with Crippen molar-refractivity contribution in [2.45, 2.75) is 301 Å². The Hall–Kier alpha value is -0.810. The Kier molecular flexibility index (Phi) is 39.3. The summed E-state index contributed by atoms with van der Waals surface area (Å²) in [6, 6.07) is -0.710. The zero-order valence-corrected chi connectivity index (χ0v) is 38.8. The normalized spacial score (nSPS) is 20.6. The van der Waals surface area contributed by atoms with Gasteiger partial charge in [-0.15, -0.1) is 0 Å². The van der Waals surface area contributed by atoms with Crippen molar-refractivity contribution in [1.82, 2.24) is 5.32 Å². The third-order valence-electron chi connectivity index (χ3n) is 12.7. The zero-order valence-electron chi connectivity index (χ0n) is 38.8. The fourth-order valence-corrected chi connectivity index (χ4v) is 8.58. The van der Waals surface area contributed by atoms with E-state index in [2.05, 4.69) is 19.2 Å². The molecule has 59 heavy (non-hydrogen) atoms. The highest BCUT2D eigenvalue weighted by atomic mass is 16.7. The second kappa shape index (κ2) is 41.2. The van der Waals surface area contributed by atoms with Crippen molar-refractivity contribution in [3.05, 3.63) is 0 Å². The quantitative estimate of drug-likeness (QED) is 0.0332. The minimum atomic E-state index is -1.55. The van der Waals surface area contributed by atoms with Gasteiger partial charge >= 0.3 is 0 Å². The highest BCUT2D eigenvalue weighted by molar-refractivity contribution is 5.76. The molecule has 1 amide bonds.